The molecule has 1 fully saturated rings. The second kappa shape index (κ2) is 8.83. The van der Waals surface area contributed by atoms with E-state index in [4.69, 9.17) is 15.3 Å². The van der Waals surface area contributed by atoms with Crippen molar-refractivity contribution in [2.75, 3.05) is 39.5 Å². The number of nitrogens with zero attached hydrogens (tertiary/aromatic N) is 1. The molecule has 0 aliphatic heterocycles. The van der Waals surface area contributed by atoms with Crippen molar-refractivity contribution in [3.8, 4) is 0 Å². The Balaban J connectivity index is 2.53. The topological polar surface area (TPSA) is 76.0 Å². The molecule has 17 heavy (non-hydrogen) atoms. The van der Waals surface area contributed by atoms with Crippen LogP contribution in [0, 0.1) is 0 Å². The van der Waals surface area contributed by atoms with Gasteiger partial charge in [-0.2, -0.15) is 0 Å². The van der Waals surface area contributed by atoms with Crippen molar-refractivity contribution in [2.45, 2.75) is 37.8 Å². The quantitative estimate of drug-likeness (QED) is 0.450. The zero-order chi connectivity index (χ0) is 12.5. The molecule has 102 valence electrons. The van der Waals surface area contributed by atoms with Crippen LogP contribution in [0.25, 0.3) is 0 Å². The number of nitrogens with one attached hydrogen (secondary N) is 1. The van der Waals surface area contributed by atoms with Gasteiger partial charge in [-0.15, -0.1) is 0 Å². The van der Waals surface area contributed by atoms with Gasteiger partial charge in [0, 0.05) is 31.7 Å². The summed E-state index contributed by atoms with van der Waals surface area (Å²) >= 11 is 0. The summed E-state index contributed by atoms with van der Waals surface area (Å²) in [4.78, 5) is 2.16. The minimum Gasteiger partial charge on any atom is -0.395 e. The molecule has 1 aliphatic rings. The third kappa shape index (κ3) is 4.89. The van der Waals surface area contributed by atoms with Gasteiger partial charge in [-0.05, 0) is 12.8 Å². The summed E-state index contributed by atoms with van der Waals surface area (Å²) in [6.07, 6.45) is 4.63. The normalized spacial score (nSPS) is 25.4. The molecule has 0 aromatic carbocycles. The van der Waals surface area contributed by atoms with Crippen LogP contribution in [0.2, 0.25) is 0 Å². The number of aliphatic hydroxyl groups is 3. The van der Waals surface area contributed by atoms with Gasteiger partial charge in [0.15, 0.2) is 0 Å². The van der Waals surface area contributed by atoms with Gasteiger partial charge in [-0.25, -0.2) is 0 Å². The highest BCUT2D eigenvalue weighted by Crippen LogP contribution is 2.23. The smallest absolute Gasteiger partial charge is 0.0558 e. The highest BCUT2D eigenvalue weighted by Gasteiger charge is 2.28. The van der Waals surface area contributed by atoms with Crippen LogP contribution in [0.15, 0.2) is 0 Å². The molecule has 2 atom stereocenters. The molecule has 0 saturated heterocycles. The number of hydrogen-bond donors (Lipinski definition) is 4. The molecule has 0 radical (unpaired) electrons. The highest BCUT2D eigenvalue weighted by atomic mass is 16.3. The van der Waals surface area contributed by atoms with Crippen LogP contribution in [0.5, 0.6) is 0 Å². The second-order valence-corrected chi connectivity index (χ2v) is 4.62. The molecule has 0 aromatic heterocycles. The van der Waals surface area contributed by atoms with E-state index in [-0.39, 0.29) is 19.8 Å². The molecular weight excluding hydrogens is 220 g/mol. The summed E-state index contributed by atoms with van der Waals surface area (Å²) in [7, 11) is 0. The lowest BCUT2D eigenvalue weighted by Crippen LogP contribution is -2.53. The van der Waals surface area contributed by atoms with Crippen molar-refractivity contribution in [2.24, 2.45) is 0 Å². The van der Waals surface area contributed by atoms with Crippen LogP contribution in [0.1, 0.15) is 25.7 Å². The fraction of sp³-hybridized carbons (Fsp3) is 1.00. The molecule has 1 aliphatic carbocycles. The van der Waals surface area contributed by atoms with Gasteiger partial charge < -0.3 is 20.6 Å². The molecule has 0 bridgehead atoms. The third-order valence-electron chi connectivity index (χ3n) is 3.49. The van der Waals surface area contributed by atoms with Gasteiger partial charge in [0.25, 0.3) is 0 Å². The fourth-order valence-corrected chi connectivity index (χ4v) is 2.74. The van der Waals surface area contributed by atoms with E-state index in [2.05, 4.69) is 10.2 Å². The second-order valence-electron chi connectivity index (χ2n) is 4.62. The van der Waals surface area contributed by atoms with E-state index < -0.39 is 0 Å². The maximum Gasteiger partial charge on any atom is 0.0558 e. The molecule has 4 N–H and O–H groups in total. The third-order valence-corrected chi connectivity index (χ3v) is 3.49. The molecule has 0 spiro atoms. The molecule has 0 aromatic rings. The minimum atomic E-state index is 0.128. The van der Waals surface area contributed by atoms with Gasteiger partial charge in [0.1, 0.15) is 0 Å². The summed E-state index contributed by atoms with van der Waals surface area (Å²) in [6.45, 7) is 2.26. The van der Waals surface area contributed by atoms with E-state index in [0.29, 0.717) is 31.7 Å². The molecule has 1 saturated carbocycles. The molecular formula is C12H26N2O3. The summed E-state index contributed by atoms with van der Waals surface area (Å²) in [5.74, 6) is 0. The molecule has 5 nitrogen and oxygen atoms in total. The van der Waals surface area contributed by atoms with Gasteiger partial charge in [-0.1, -0.05) is 12.8 Å². The highest BCUT2D eigenvalue weighted by molar-refractivity contribution is 4.88. The van der Waals surface area contributed by atoms with E-state index in [9.17, 15) is 0 Å². The fourth-order valence-electron chi connectivity index (χ4n) is 2.74. The largest absolute Gasteiger partial charge is 0.395 e. The first-order valence-electron chi connectivity index (χ1n) is 6.63. The monoisotopic (exact) mass is 246 g/mol. The van der Waals surface area contributed by atoms with Crippen molar-refractivity contribution in [3.05, 3.63) is 0 Å². The van der Waals surface area contributed by atoms with Crippen molar-refractivity contribution >= 4 is 0 Å². The SMILES string of the molecule is OCCNC1CCCCC1N(CCO)CCO. The van der Waals surface area contributed by atoms with Crippen LogP contribution in [0.4, 0.5) is 0 Å². The van der Waals surface area contributed by atoms with Crippen molar-refractivity contribution in [1.29, 1.82) is 0 Å². The number of rotatable bonds is 8. The maximum atomic E-state index is 9.07. The Morgan fingerprint density at radius 2 is 1.59 bits per heavy atom. The maximum absolute atomic E-state index is 9.07. The zero-order valence-electron chi connectivity index (χ0n) is 10.5. The standard InChI is InChI=1S/C12H26N2O3/c15-8-5-13-11-3-1-2-4-12(11)14(6-9-16)7-10-17/h11-13,15-17H,1-10H2. The minimum absolute atomic E-state index is 0.128. The zero-order valence-corrected chi connectivity index (χ0v) is 10.5. The van der Waals surface area contributed by atoms with Crippen LogP contribution < -0.4 is 5.32 Å². The summed E-state index contributed by atoms with van der Waals surface area (Å²) < 4.78 is 0. The van der Waals surface area contributed by atoms with Gasteiger partial charge in [-0.3, -0.25) is 4.90 Å². The molecule has 5 heteroatoms. The van der Waals surface area contributed by atoms with Crippen molar-refractivity contribution in [1.82, 2.24) is 10.2 Å². The molecule has 1 rings (SSSR count). The lowest BCUT2D eigenvalue weighted by atomic mass is 9.89. The van der Waals surface area contributed by atoms with Crippen LogP contribution >= 0.6 is 0 Å². The molecule has 0 amide bonds. The van der Waals surface area contributed by atoms with Crippen LogP contribution in [0.3, 0.4) is 0 Å². The molecule has 2 unspecified atom stereocenters. The Morgan fingerprint density at radius 1 is 0.941 bits per heavy atom. The van der Waals surface area contributed by atoms with Crippen LogP contribution in [-0.2, 0) is 0 Å². The number of hydrogen-bond acceptors (Lipinski definition) is 5. The lowest BCUT2D eigenvalue weighted by molar-refractivity contribution is 0.0789. The Hall–Kier alpha value is -0.200. The first-order chi connectivity index (χ1) is 8.33. The van der Waals surface area contributed by atoms with Gasteiger partial charge >= 0.3 is 0 Å². The predicted molar refractivity (Wildman–Crippen MR) is 66.9 cm³/mol. The van der Waals surface area contributed by atoms with E-state index in [1.807, 2.05) is 0 Å². The first-order valence-corrected chi connectivity index (χ1v) is 6.63. The average molecular weight is 246 g/mol. The van der Waals surface area contributed by atoms with Gasteiger partial charge in [0.05, 0.1) is 19.8 Å². The summed E-state index contributed by atoms with van der Waals surface area (Å²) in [5.41, 5.74) is 0. The van der Waals surface area contributed by atoms with E-state index in [1.54, 1.807) is 0 Å². The Labute approximate surface area is 103 Å². The summed E-state index contributed by atoms with van der Waals surface area (Å²) in [5, 5.41) is 30.4. The Morgan fingerprint density at radius 3 is 2.18 bits per heavy atom. The predicted octanol–water partition coefficient (Wildman–Crippen LogP) is -0.834. The van der Waals surface area contributed by atoms with Crippen molar-refractivity contribution < 1.29 is 15.3 Å². The number of aliphatic hydroxyl groups excluding tert-OH is 3. The first kappa shape index (κ1) is 14.9. The van der Waals surface area contributed by atoms with E-state index >= 15 is 0 Å². The Bertz CT molecular complexity index is 187. The average Bonchev–Trinajstić information content (AvgIpc) is 2.36. The Kier molecular flexibility index (Phi) is 7.72. The van der Waals surface area contributed by atoms with Crippen molar-refractivity contribution in [3.63, 3.8) is 0 Å². The van der Waals surface area contributed by atoms with E-state index in [0.717, 1.165) is 12.8 Å². The van der Waals surface area contributed by atoms with Crippen LogP contribution in [-0.4, -0.2) is 71.8 Å². The lowest BCUT2D eigenvalue weighted by Gasteiger charge is -2.40. The van der Waals surface area contributed by atoms with E-state index in [1.165, 1.54) is 12.8 Å². The summed E-state index contributed by atoms with van der Waals surface area (Å²) in [6, 6.07) is 0.739. The van der Waals surface area contributed by atoms with Gasteiger partial charge in [0.2, 0.25) is 0 Å². The molecule has 0 heterocycles.